The Balaban J connectivity index is 1.94. The van der Waals surface area contributed by atoms with E-state index in [1.54, 1.807) is 9.80 Å². The fourth-order valence-corrected chi connectivity index (χ4v) is 3.21. The van der Waals surface area contributed by atoms with Gasteiger partial charge in [-0.1, -0.05) is 6.58 Å². The average Bonchev–Trinajstić information content (AvgIpc) is 3.02. The summed E-state index contributed by atoms with van der Waals surface area (Å²) >= 11 is 1.16. The van der Waals surface area contributed by atoms with Crippen LogP contribution >= 0.6 is 11.8 Å². The summed E-state index contributed by atoms with van der Waals surface area (Å²) in [7, 11) is 1.43. The molecule has 0 radical (unpaired) electrons. The van der Waals surface area contributed by atoms with Gasteiger partial charge < -0.3 is 25.0 Å². The molecule has 1 saturated heterocycles. The van der Waals surface area contributed by atoms with Crippen molar-refractivity contribution in [2.24, 2.45) is 15.7 Å². The Bertz CT molecular complexity index is 732. The quantitative estimate of drug-likeness (QED) is 0.668. The van der Waals surface area contributed by atoms with E-state index in [-0.39, 0.29) is 18.0 Å². The van der Waals surface area contributed by atoms with Crippen molar-refractivity contribution in [3.63, 3.8) is 0 Å². The Hall–Kier alpha value is -2.69. The van der Waals surface area contributed by atoms with E-state index >= 15 is 0 Å². The fourth-order valence-electron chi connectivity index (χ4n) is 2.38. The lowest BCUT2D eigenvalue weighted by Gasteiger charge is -2.35. The molecule has 1 fully saturated rings. The highest BCUT2D eigenvalue weighted by molar-refractivity contribution is 8.27. The Kier molecular flexibility index (Phi) is 6.95. The first-order chi connectivity index (χ1) is 13.1. The van der Waals surface area contributed by atoms with Crippen molar-refractivity contribution in [3.05, 3.63) is 24.4 Å². The zero-order valence-corrected chi connectivity index (χ0v) is 17.3. The lowest BCUT2D eigenvalue weighted by atomic mass is 10.2. The number of nitrogens with zero attached hydrogens (tertiary/aromatic N) is 4. The van der Waals surface area contributed by atoms with Crippen molar-refractivity contribution in [1.29, 1.82) is 0 Å². The second kappa shape index (κ2) is 9.00. The van der Waals surface area contributed by atoms with Crippen LogP contribution < -0.4 is 11.1 Å². The van der Waals surface area contributed by atoms with Crippen LogP contribution in [0.25, 0.3) is 0 Å². The molecule has 28 heavy (non-hydrogen) atoms. The van der Waals surface area contributed by atoms with Gasteiger partial charge in [-0.05, 0) is 32.5 Å². The Labute approximate surface area is 168 Å². The summed E-state index contributed by atoms with van der Waals surface area (Å²) < 4.78 is 10.4. The summed E-state index contributed by atoms with van der Waals surface area (Å²) in [4.78, 5) is 36.2. The summed E-state index contributed by atoms with van der Waals surface area (Å²) in [6.07, 6.45) is 0.986. The number of amides is 3. The maximum absolute atomic E-state index is 12.5. The van der Waals surface area contributed by atoms with E-state index < -0.39 is 5.60 Å². The number of hydrogen-bond donors (Lipinski definition) is 2. The Morgan fingerprint density at radius 2 is 1.89 bits per heavy atom. The highest BCUT2D eigenvalue weighted by Crippen LogP contribution is 2.25. The minimum atomic E-state index is -0.552. The highest BCUT2D eigenvalue weighted by atomic mass is 32.2. The number of hydrogen-bond acceptors (Lipinski definition) is 8. The maximum atomic E-state index is 12.5. The van der Waals surface area contributed by atoms with Crippen LogP contribution in [0.2, 0.25) is 0 Å². The molecule has 2 aliphatic rings. The Morgan fingerprint density at radius 3 is 2.43 bits per heavy atom. The fraction of sp³-hybridized carbons (Fsp3) is 0.529. The molecule has 3 N–H and O–H groups in total. The van der Waals surface area contributed by atoms with Crippen molar-refractivity contribution in [3.8, 4) is 0 Å². The molecule has 0 saturated carbocycles. The van der Waals surface area contributed by atoms with Crippen molar-refractivity contribution in [1.82, 2.24) is 15.1 Å². The lowest BCUT2D eigenvalue weighted by molar-refractivity contribution is 0.0171. The smallest absolute Gasteiger partial charge is 0.410 e. The van der Waals surface area contributed by atoms with Gasteiger partial charge in [0.1, 0.15) is 10.6 Å². The monoisotopic (exact) mass is 410 g/mol. The number of methoxy groups -OCH3 is 1. The maximum Gasteiger partial charge on any atom is 0.410 e. The van der Waals surface area contributed by atoms with Gasteiger partial charge in [0.05, 0.1) is 7.11 Å². The van der Waals surface area contributed by atoms with Crippen LogP contribution in [0.4, 0.5) is 9.59 Å². The molecule has 2 rings (SSSR count). The van der Waals surface area contributed by atoms with Crippen LogP contribution in [0.3, 0.4) is 0 Å². The van der Waals surface area contributed by atoms with Gasteiger partial charge in [-0.3, -0.25) is 5.32 Å². The summed E-state index contributed by atoms with van der Waals surface area (Å²) in [6, 6.07) is -0.315. The van der Waals surface area contributed by atoms with E-state index in [0.717, 1.165) is 11.8 Å². The molecule has 0 spiro atoms. The minimum absolute atomic E-state index is 0.100. The van der Waals surface area contributed by atoms with Gasteiger partial charge in [0.25, 0.3) is 0 Å². The van der Waals surface area contributed by atoms with Crippen LogP contribution in [0, 0.1) is 0 Å². The second-order valence-electron chi connectivity index (χ2n) is 6.94. The molecule has 11 heteroatoms. The topological polar surface area (TPSA) is 122 Å². The third-order valence-electron chi connectivity index (χ3n) is 3.70. The molecule has 0 unspecified atom stereocenters. The molecule has 0 bridgehead atoms. The lowest BCUT2D eigenvalue weighted by Crippen LogP contribution is -2.54. The number of urea groups is 1. The first-order valence-electron chi connectivity index (χ1n) is 8.68. The van der Waals surface area contributed by atoms with Crippen molar-refractivity contribution in [2.75, 3.05) is 33.3 Å². The van der Waals surface area contributed by atoms with E-state index in [1.807, 2.05) is 20.8 Å². The third kappa shape index (κ3) is 5.65. The molecular formula is C17H26N6O4S. The van der Waals surface area contributed by atoms with Gasteiger partial charge in [0.2, 0.25) is 5.88 Å². The normalized spacial score (nSPS) is 20.6. The van der Waals surface area contributed by atoms with Gasteiger partial charge in [0.15, 0.2) is 10.9 Å². The molecule has 2 heterocycles. The molecule has 0 aromatic heterocycles. The average molecular weight is 411 g/mol. The summed E-state index contributed by atoms with van der Waals surface area (Å²) in [5.74, 6) is 0.100. The molecule has 0 atom stereocenters. The highest BCUT2D eigenvalue weighted by Gasteiger charge is 2.30. The molecule has 2 aliphatic heterocycles. The van der Waals surface area contributed by atoms with Crippen molar-refractivity contribution in [2.45, 2.75) is 26.4 Å². The molecule has 0 aliphatic carbocycles. The van der Waals surface area contributed by atoms with Gasteiger partial charge in [-0.25, -0.2) is 19.6 Å². The molecule has 10 nitrogen and oxygen atoms in total. The van der Waals surface area contributed by atoms with E-state index in [0.29, 0.717) is 42.1 Å². The first-order valence-corrected chi connectivity index (χ1v) is 9.49. The molecule has 0 aromatic rings. The number of piperazine rings is 1. The molecule has 154 valence electrons. The van der Waals surface area contributed by atoms with Crippen molar-refractivity contribution >= 4 is 34.1 Å². The zero-order valence-electron chi connectivity index (χ0n) is 16.5. The first kappa shape index (κ1) is 21.6. The van der Waals surface area contributed by atoms with Crippen LogP contribution in [0.1, 0.15) is 20.8 Å². The number of ether oxygens (including phenoxy) is 2. The number of aliphatic imine (C=N–C) groups is 2. The van der Waals surface area contributed by atoms with E-state index in [2.05, 4.69) is 21.9 Å². The summed E-state index contributed by atoms with van der Waals surface area (Å²) in [5, 5.41) is 3.56. The Morgan fingerprint density at radius 1 is 1.29 bits per heavy atom. The van der Waals surface area contributed by atoms with Crippen LogP contribution in [-0.4, -0.2) is 71.0 Å². The number of thioether (sulfide) groups is 1. The number of nitrogens with two attached hydrogens (primary N) is 1. The molecular weight excluding hydrogens is 384 g/mol. The zero-order chi connectivity index (χ0) is 20.9. The predicted molar refractivity (Wildman–Crippen MR) is 109 cm³/mol. The number of nitrogens with one attached hydrogen (secondary N) is 1. The third-order valence-corrected chi connectivity index (χ3v) is 4.58. The molecule has 0 aromatic carbocycles. The standard InChI is InChI=1S/C17H26N6O4S/c1-6-19-13-11(12(18)26-5)20-14(28-13)21-15(24)22-7-9-23(10-8-22)16(25)27-17(2,3)4/h6H,1,7-10,18H2,2-5H3,(H,20,21,24)/b12-11-,19-13+. The van der Waals surface area contributed by atoms with Gasteiger partial charge >= 0.3 is 12.1 Å². The van der Waals surface area contributed by atoms with Crippen LogP contribution in [0.15, 0.2) is 34.3 Å². The van der Waals surface area contributed by atoms with Crippen LogP contribution in [-0.2, 0) is 9.47 Å². The van der Waals surface area contributed by atoms with E-state index in [9.17, 15) is 9.59 Å². The summed E-state index contributed by atoms with van der Waals surface area (Å²) in [6.45, 7) is 10.6. The second-order valence-corrected chi connectivity index (χ2v) is 7.91. The van der Waals surface area contributed by atoms with Gasteiger partial charge in [-0.2, -0.15) is 0 Å². The molecule has 3 amide bonds. The van der Waals surface area contributed by atoms with Crippen molar-refractivity contribution < 1.29 is 19.1 Å². The minimum Gasteiger partial charge on any atom is -0.481 e. The van der Waals surface area contributed by atoms with Gasteiger partial charge in [-0.15, -0.1) is 0 Å². The van der Waals surface area contributed by atoms with Gasteiger partial charge in [0, 0.05) is 32.4 Å². The van der Waals surface area contributed by atoms with Crippen LogP contribution in [0.5, 0.6) is 0 Å². The summed E-state index contributed by atoms with van der Waals surface area (Å²) in [5.41, 5.74) is 5.56. The van der Waals surface area contributed by atoms with E-state index in [1.165, 1.54) is 13.3 Å². The predicted octanol–water partition coefficient (Wildman–Crippen LogP) is 1.67. The van der Waals surface area contributed by atoms with E-state index in [4.69, 9.17) is 15.2 Å². The largest absolute Gasteiger partial charge is 0.481 e. The number of rotatable bonds is 2. The number of carbonyl (C=O) groups is 2. The number of carbonyl (C=O) groups excluding carboxylic acids is 2. The SMILES string of the molecule is C=C/N=C1/SC(NC(=O)N2CCN(C(=O)OC(C)(C)C)CC2)=N/C1=C(/N)OC. The number of amidine groups is 1.